The smallest absolute Gasteiger partial charge is 0.335 e. The number of allylic oxidation sites excluding steroid dienone is 4. The summed E-state index contributed by atoms with van der Waals surface area (Å²) in [6, 6.07) is 0. The van der Waals surface area contributed by atoms with Crippen LogP contribution in [0.1, 0.15) is 148 Å². The Morgan fingerprint density at radius 3 is 1.86 bits per heavy atom. The van der Waals surface area contributed by atoms with E-state index in [0.29, 0.717) is 44.1 Å². The second kappa shape index (κ2) is 26.5. The number of aliphatic carboxylic acids is 1. The highest BCUT2D eigenvalue weighted by molar-refractivity contribution is 5.88. The molecular formula is C66H104O24. The fraction of sp³-hybridized carbons (Fsp3) is 0.864. The molecule has 0 aromatic rings. The highest BCUT2D eigenvalue weighted by atomic mass is 16.8. The van der Waals surface area contributed by atoms with Gasteiger partial charge >= 0.3 is 17.9 Å². The van der Waals surface area contributed by atoms with Crippen LogP contribution in [0.5, 0.6) is 0 Å². The molecule has 3 saturated heterocycles. The molecule has 3 heterocycles. The van der Waals surface area contributed by atoms with Crippen LogP contribution in [0.3, 0.4) is 0 Å². The lowest BCUT2D eigenvalue weighted by molar-refractivity contribution is -0.382. The van der Waals surface area contributed by atoms with Gasteiger partial charge < -0.3 is 104 Å². The molecule has 512 valence electrons. The van der Waals surface area contributed by atoms with Crippen molar-refractivity contribution < 1.29 is 118 Å². The number of ether oxygens (including phenoxy) is 9. The molecule has 0 aromatic carbocycles. The lowest BCUT2D eigenvalue weighted by Crippen LogP contribution is -2.70. The van der Waals surface area contributed by atoms with Gasteiger partial charge in [-0.15, -0.1) is 0 Å². The maximum absolute atomic E-state index is 13.3. The van der Waals surface area contributed by atoms with E-state index in [1.54, 1.807) is 46.8 Å². The number of aliphatic hydroxyl groups excluding tert-OH is 11. The van der Waals surface area contributed by atoms with E-state index in [1.165, 1.54) is 5.57 Å². The highest BCUT2D eigenvalue weighted by Crippen LogP contribution is 2.76. The summed E-state index contributed by atoms with van der Waals surface area (Å²) in [4.78, 5) is 39.5. The molecule has 8 fully saturated rings. The van der Waals surface area contributed by atoms with Crippen LogP contribution >= 0.6 is 0 Å². The van der Waals surface area contributed by atoms with Crippen molar-refractivity contribution in [2.24, 2.45) is 62.1 Å². The summed E-state index contributed by atoms with van der Waals surface area (Å²) in [7, 11) is 0. The maximum atomic E-state index is 13.3. The van der Waals surface area contributed by atoms with Crippen LogP contribution in [-0.2, 0) is 57.0 Å². The van der Waals surface area contributed by atoms with E-state index in [1.807, 2.05) is 6.92 Å². The molecule has 24 heteroatoms. The standard InChI is InChI=1S/C66H104O24/c1-14-29(3)56(80)86-49-32(6)82-59(48(77)51(49)87-57(81)30(4)15-2)90-54-31(5)66(28-69)35(24-61(54,7)8)34-17-19-39-63(11)22-21-41(62(9,10)38(63)20-23-64(39,12)65(34,13)25-40(66)70)85-60-53(89-58-46(75)45(74)44(73)37(27-68)84-58)50(47(76)52(88-60)55(78)79)83-36-18-16-33(26-67)42(71)43(36)72/h14-15,17,31-33,35-54,58-60,67-77H,16,18-28H2,1-13H3,(H,78,79). The van der Waals surface area contributed by atoms with E-state index < -0.39 is 199 Å². The Balaban J connectivity index is 0.986. The number of fused-ring (bicyclic) bond motifs is 7. The van der Waals surface area contributed by atoms with Crippen molar-refractivity contribution in [1.29, 1.82) is 0 Å². The Bertz CT molecular complexity index is 2680. The van der Waals surface area contributed by atoms with Crippen LogP contribution in [0.2, 0.25) is 0 Å². The molecule has 9 rings (SSSR count). The molecule has 0 spiro atoms. The van der Waals surface area contributed by atoms with Crippen molar-refractivity contribution >= 4 is 17.9 Å². The zero-order chi connectivity index (χ0) is 66.4. The highest BCUT2D eigenvalue weighted by Gasteiger charge is 2.73. The molecule has 30 unspecified atom stereocenters. The number of carboxylic acid groups (broad SMARTS) is 1. The van der Waals surface area contributed by atoms with Gasteiger partial charge in [0.1, 0.15) is 54.9 Å². The molecule has 0 radical (unpaired) electrons. The minimum absolute atomic E-state index is 0.0356. The van der Waals surface area contributed by atoms with Gasteiger partial charge in [-0.2, -0.15) is 0 Å². The number of carbonyl (C=O) groups is 3. The second-order valence-electron chi connectivity index (χ2n) is 29.9. The van der Waals surface area contributed by atoms with Gasteiger partial charge in [0.05, 0.1) is 49.8 Å². The number of carboxylic acids is 1. The quantitative estimate of drug-likeness (QED) is 0.0457. The molecule has 24 nitrogen and oxygen atoms in total. The van der Waals surface area contributed by atoms with Crippen LogP contribution < -0.4 is 0 Å². The first-order chi connectivity index (χ1) is 42.1. The van der Waals surface area contributed by atoms with Crippen LogP contribution in [0.25, 0.3) is 0 Å². The van der Waals surface area contributed by atoms with Crippen molar-refractivity contribution in [3.63, 3.8) is 0 Å². The number of hydrogen-bond donors (Lipinski definition) is 12. The molecule has 0 amide bonds. The Hall–Kier alpha value is -3.09. The monoisotopic (exact) mass is 1280 g/mol. The van der Waals surface area contributed by atoms with Gasteiger partial charge in [0.2, 0.25) is 0 Å². The van der Waals surface area contributed by atoms with Crippen LogP contribution in [0, 0.1) is 62.1 Å². The molecule has 5 saturated carbocycles. The predicted octanol–water partition coefficient (Wildman–Crippen LogP) is 2.47. The number of carbonyl (C=O) groups excluding carboxylic acids is 2. The van der Waals surface area contributed by atoms with Gasteiger partial charge in [-0.25, -0.2) is 14.4 Å². The average molecular weight is 1280 g/mol. The summed E-state index contributed by atoms with van der Waals surface area (Å²) in [6.45, 7) is 23.8. The van der Waals surface area contributed by atoms with Crippen LogP contribution in [0.4, 0.5) is 0 Å². The topological polar surface area (TPSA) is 377 Å². The molecular weight excluding hydrogens is 1180 g/mol. The molecule has 3 aliphatic heterocycles. The SMILES string of the molecule is CC=C(C)C(=O)OC1C(C)OC(OC2C(C)C3(CO)C(O)CC4(C)C(=CCC5C6(C)CCC(OC7OC(C(=O)O)C(O)C(OC8CCC(CO)C(O)C8O)C7OC7OC(CO)C(O)C(O)C7O)C(C)(C)C6CCC54C)C3CC2(C)C)C(O)C1OC(=O)C(C)=CC. The van der Waals surface area contributed by atoms with Gasteiger partial charge in [-0.1, -0.05) is 79.2 Å². The van der Waals surface area contributed by atoms with Crippen molar-refractivity contribution in [3.8, 4) is 0 Å². The van der Waals surface area contributed by atoms with Crippen molar-refractivity contribution in [1.82, 2.24) is 0 Å². The number of rotatable bonds is 16. The summed E-state index contributed by atoms with van der Waals surface area (Å²) in [6.07, 6.45) is -21.4. The van der Waals surface area contributed by atoms with Gasteiger partial charge in [0, 0.05) is 29.1 Å². The predicted molar refractivity (Wildman–Crippen MR) is 318 cm³/mol. The van der Waals surface area contributed by atoms with Crippen molar-refractivity contribution in [3.05, 3.63) is 34.9 Å². The lowest BCUT2D eigenvalue weighted by atomic mass is 9.32. The third kappa shape index (κ3) is 11.8. The van der Waals surface area contributed by atoms with Gasteiger partial charge in [0.15, 0.2) is 37.2 Å². The first-order valence-electron chi connectivity index (χ1n) is 32.6. The van der Waals surface area contributed by atoms with Crippen LogP contribution in [0.15, 0.2) is 34.9 Å². The molecule has 30 atom stereocenters. The summed E-state index contributed by atoms with van der Waals surface area (Å²) >= 11 is 0. The van der Waals surface area contributed by atoms with Crippen LogP contribution in [-0.4, -0.2) is 228 Å². The third-order valence-electron chi connectivity index (χ3n) is 24.6. The zero-order valence-electron chi connectivity index (χ0n) is 54.5. The third-order valence-corrected chi connectivity index (χ3v) is 24.6. The van der Waals surface area contributed by atoms with E-state index in [4.69, 9.17) is 42.6 Å². The Labute approximate surface area is 527 Å². The molecule has 0 bridgehead atoms. The first kappa shape index (κ1) is 71.2. The lowest BCUT2D eigenvalue weighted by Gasteiger charge is -2.73. The minimum atomic E-state index is -2.02. The van der Waals surface area contributed by atoms with E-state index >= 15 is 0 Å². The van der Waals surface area contributed by atoms with Crippen molar-refractivity contribution in [2.75, 3.05) is 19.8 Å². The Kier molecular flexibility index (Phi) is 21.0. The molecule has 12 N–H and O–H groups in total. The summed E-state index contributed by atoms with van der Waals surface area (Å²) < 4.78 is 56.7. The van der Waals surface area contributed by atoms with E-state index in [0.717, 1.165) is 6.42 Å². The van der Waals surface area contributed by atoms with Gasteiger partial charge in [-0.3, -0.25) is 0 Å². The molecule has 0 aromatic heterocycles. The summed E-state index contributed by atoms with van der Waals surface area (Å²) in [5, 5.41) is 135. The fourth-order valence-electron chi connectivity index (χ4n) is 18.8. The maximum Gasteiger partial charge on any atom is 0.335 e. The molecule has 90 heavy (non-hydrogen) atoms. The summed E-state index contributed by atoms with van der Waals surface area (Å²) in [5.74, 6) is -4.48. The zero-order valence-corrected chi connectivity index (χ0v) is 54.5. The normalized spacial score (nSPS) is 49.4. The number of aliphatic hydroxyl groups is 11. The van der Waals surface area contributed by atoms with Gasteiger partial charge in [-0.05, 0) is 143 Å². The largest absolute Gasteiger partial charge is 0.479 e. The minimum Gasteiger partial charge on any atom is -0.479 e. The summed E-state index contributed by atoms with van der Waals surface area (Å²) in [5.41, 5.74) is -2.03. The first-order valence-corrected chi connectivity index (χ1v) is 32.6. The average Bonchev–Trinajstić information content (AvgIpc) is 0.671. The Morgan fingerprint density at radius 2 is 1.26 bits per heavy atom. The number of esters is 2. The second-order valence-corrected chi connectivity index (χ2v) is 29.9. The van der Waals surface area contributed by atoms with E-state index in [9.17, 15) is 75.7 Å². The van der Waals surface area contributed by atoms with E-state index in [2.05, 4.69) is 54.5 Å². The number of hydrogen-bond acceptors (Lipinski definition) is 23. The molecule has 9 aliphatic rings. The van der Waals surface area contributed by atoms with Gasteiger partial charge in [0.25, 0.3) is 0 Å². The Morgan fingerprint density at radius 1 is 0.622 bits per heavy atom. The molecule has 6 aliphatic carbocycles. The van der Waals surface area contributed by atoms with E-state index in [-0.39, 0.29) is 48.2 Å². The van der Waals surface area contributed by atoms with Crippen molar-refractivity contribution in [2.45, 2.75) is 277 Å². The fourth-order valence-corrected chi connectivity index (χ4v) is 18.8.